The summed E-state index contributed by atoms with van der Waals surface area (Å²) in [6.07, 6.45) is 5.66. The fourth-order valence-electron chi connectivity index (χ4n) is 5.56. The highest BCUT2D eigenvalue weighted by atomic mass is 19.1. The van der Waals surface area contributed by atoms with E-state index in [0.29, 0.717) is 24.2 Å². The summed E-state index contributed by atoms with van der Waals surface area (Å²) in [5.74, 6) is 0.696. The standard InChI is InChI=1S/C21H24B2F2N6O/c1-30(14-7-20(22)10-21(23,18(14)25)8-16(20)24)17-9-27-19(29-28-17)13-3-2-12(6-15(13)32)31-5-4-26-11-31/h2-6,9,11,14,16,18,32H,7-8,10,22-23H2,1H3/t14-,16?,18+,20+,21+/m1/s1. The molecule has 0 amide bonds. The van der Waals surface area contributed by atoms with Crippen molar-refractivity contribution in [1.29, 1.82) is 0 Å². The maximum atomic E-state index is 15.4. The van der Waals surface area contributed by atoms with E-state index in [9.17, 15) is 9.50 Å². The van der Waals surface area contributed by atoms with E-state index in [4.69, 9.17) is 0 Å². The molecule has 1 unspecified atom stereocenters. The molecule has 2 aliphatic carbocycles. The maximum Gasteiger partial charge on any atom is 0.185 e. The Morgan fingerprint density at radius 1 is 1.19 bits per heavy atom. The van der Waals surface area contributed by atoms with Gasteiger partial charge in [-0.25, -0.2) is 18.7 Å². The Kier molecular flexibility index (Phi) is 4.76. The molecule has 0 spiro atoms. The average molecular weight is 436 g/mol. The molecule has 2 aliphatic rings. The number of halogens is 2. The number of fused-ring (bicyclic) bond motifs is 2. The Bertz CT molecular complexity index is 1130. The Morgan fingerprint density at radius 2 is 2.00 bits per heavy atom. The summed E-state index contributed by atoms with van der Waals surface area (Å²) in [6, 6.07) is 4.63. The molecule has 5 rings (SSSR count). The van der Waals surface area contributed by atoms with Gasteiger partial charge in [-0.15, -0.1) is 10.2 Å². The Labute approximate surface area is 186 Å². The van der Waals surface area contributed by atoms with E-state index in [2.05, 4.69) is 20.2 Å². The SMILES string of the molecule is B[C@]12C[C@@H](N(C)c3cnc(-c4ccc(-n5ccnc5)cc4O)nn3)[C@H](F)[C@](B)(CC1F)C2. The molecule has 7 nitrogen and oxygen atoms in total. The van der Waals surface area contributed by atoms with Gasteiger partial charge in [0.25, 0.3) is 0 Å². The van der Waals surface area contributed by atoms with Crippen LogP contribution in [0.15, 0.2) is 43.1 Å². The van der Waals surface area contributed by atoms with Gasteiger partial charge >= 0.3 is 0 Å². The lowest BCUT2D eigenvalue weighted by Gasteiger charge is -2.46. The molecule has 2 heterocycles. The summed E-state index contributed by atoms with van der Waals surface area (Å²) in [7, 11) is 5.52. The first-order valence-electron chi connectivity index (χ1n) is 10.7. The van der Waals surface area contributed by atoms with Gasteiger partial charge in [-0.3, -0.25) is 0 Å². The van der Waals surface area contributed by atoms with E-state index >= 15 is 4.39 Å². The molecule has 5 atom stereocenters. The van der Waals surface area contributed by atoms with E-state index < -0.39 is 29.0 Å². The maximum absolute atomic E-state index is 15.4. The number of alkyl halides is 2. The van der Waals surface area contributed by atoms with Gasteiger partial charge in [0.2, 0.25) is 0 Å². The number of nitrogens with zero attached hydrogens (tertiary/aromatic N) is 6. The highest BCUT2D eigenvalue weighted by Crippen LogP contribution is 2.66. The number of benzene rings is 1. The van der Waals surface area contributed by atoms with Crippen LogP contribution in [0.2, 0.25) is 10.6 Å². The van der Waals surface area contributed by atoms with E-state index in [-0.39, 0.29) is 18.0 Å². The van der Waals surface area contributed by atoms with Crippen molar-refractivity contribution >= 4 is 21.5 Å². The molecule has 32 heavy (non-hydrogen) atoms. The molecule has 11 heteroatoms. The minimum atomic E-state index is -1.16. The number of anilines is 1. The second-order valence-electron chi connectivity index (χ2n) is 9.75. The molecule has 0 radical (unpaired) electrons. The summed E-state index contributed by atoms with van der Waals surface area (Å²) in [4.78, 5) is 10.1. The van der Waals surface area contributed by atoms with Gasteiger partial charge in [-0.1, -0.05) is 6.42 Å². The monoisotopic (exact) mass is 436 g/mol. The van der Waals surface area contributed by atoms with Crippen LogP contribution in [0.5, 0.6) is 5.75 Å². The van der Waals surface area contributed by atoms with Crippen molar-refractivity contribution in [2.75, 3.05) is 11.9 Å². The molecule has 0 saturated heterocycles. The molecule has 1 N–H and O–H groups in total. The molecule has 1 aromatic carbocycles. The largest absolute Gasteiger partial charge is 0.507 e. The summed E-state index contributed by atoms with van der Waals surface area (Å²) in [5.41, 5.74) is 1.19. The van der Waals surface area contributed by atoms with Gasteiger partial charge in [0, 0.05) is 25.5 Å². The van der Waals surface area contributed by atoms with Crippen molar-refractivity contribution in [3.63, 3.8) is 0 Å². The minimum absolute atomic E-state index is 0.0154. The summed E-state index contributed by atoms with van der Waals surface area (Å²) in [5, 5.41) is 17.7. The van der Waals surface area contributed by atoms with Crippen molar-refractivity contribution in [2.45, 2.75) is 48.3 Å². The van der Waals surface area contributed by atoms with Crippen LogP contribution in [0.4, 0.5) is 14.6 Å². The summed E-state index contributed by atoms with van der Waals surface area (Å²) < 4.78 is 31.9. The predicted molar refractivity (Wildman–Crippen MR) is 122 cm³/mol. The Morgan fingerprint density at radius 3 is 2.66 bits per heavy atom. The molecular weight excluding hydrogens is 412 g/mol. The lowest BCUT2D eigenvalue weighted by molar-refractivity contribution is 0.157. The molecular formula is C21H24B2F2N6O. The van der Waals surface area contributed by atoms with Gasteiger partial charge in [0.05, 0.1) is 36.0 Å². The van der Waals surface area contributed by atoms with E-state index in [1.165, 1.54) is 6.20 Å². The zero-order chi connectivity index (χ0) is 22.7. The number of phenolic OH excluding ortho intramolecular Hbond substituents is 1. The van der Waals surface area contributed by atoms with Crippen molar-refractivity contribution in [1.82, 2.24) is 24.7 Å². The van der Waals surface area contributed by atoms with Gasteiger partial charge < -0.3 is 14.6 Å². The Balaban J connectivity index is 1.38. The van der Waals surface area contributed by atoms with Crippen molar-refractivity contribution in [3.8, 4) is 22.8 Å². The third kappa shape index (κ3) is 3.25. The van der Waals surface area contributed by atoms with E-state index in [1.807, 2.05) is 21.8 Å². The van der Waals surface area contributed by atoms with Gasteiger partial charge in [-0.05, 0) is 35.6 Å². The lowest BCUT2D eigenvalue weighted by atomic mass is 9.51. The van der Waals surface area contributed by atoms with Crippen LogP contribution in [0.25, 0.3) is 17.1 Å². The van der Waals surface area contributed by atoms with Crippen LogP contribution in [-0.4, -0.2) is 71.0 Å². The number of imidazole rings is 1. The average Bonchev–Trinajstić information content (AvgIpc) is 3.37. The highest BCUT2D eigenvalue weighted by molar-refractivity contribution is 6.21. The second kappa shape index (κ2) is 7.28. The van der Waals surface area contributed by atoms with Crippen molar-refractivity contribution < 1.29 is 13.9 Å². The number of aromatic nitrogens is 5. The van der Waals surface area contributed by atoms with Crippen LogP contribution < -0.4 is 4.90 Å². The third-order valence-electron chi connectivity index (χ3n) is 7.32. The summed E-state index contributed by atoms with van der Waals surface area (Å²) >= 11 is 0. The van der Waals surface area contributed by atoms with Crippen molar-refractivity contribution in [3.05, 3.63) is 43.1 Å². The molecule has 3 aromatic rings. The van der Waals surface area contributed by atoms with Crippen LogP contribution >= 0.6 is 0 Å². The minimum Gasteiger partial charge on any atom is -0.507 e. The van der Waals surface area contributed by atoms with E-state index in [0.717, 1.165) is 5.69 Å². The number of phenols is 1. The van der Waals surface area contributed by atoms with Gasteiger partial charge in [0.15, 0.2) is 11.6 Å². The number of rotatable bonds is 4. The predicted octanol–water partition coefficient (Wildman–Crippen LogP) is 1.69. The lowest BCUT2D eigenvalue weighted by Crippen LogP contribution is -2.50. The van der Waals surface area contributed by atoms with Crippen LogP contribution in [0.1, 0.15) is 19.3 Å². The zero-order valence-electron chi connectivity index (χ0n) is 18.3. The van der Waals surface area contributed by atoms with Crippen molar-refractivity contribution in [2.24, 2.45) is 0 Å². The quantitative estimate of drug-likeness (QED) is 0.628. The Hall–Kier alpha value is -2.97. The fourth-order valence-corrected chi connectivity index (χ4v) is 5.56. The first kappa shape index (κ1) is 20.9. The highest BCUT2D eigenvalue weighted by Gasteiger charge is 2.61. The molecule has 2 saturated carbocycles. The molecule has 164 valence electrons. The smallest absolute Gasteiger partial charge is 0.185 e. The molecule has 2 aromatic heterocycles. The topological polar surface area (TPSA) is 80.0 Å². The fraction of sp³-hybridized carbons (Fsp3) is 0.429. The van der Waals surface area contributed by atoms with Gasteiger partial charge in [-0.2, -0.15) is 0 Å². The zero-order valence-corrected chi connectivity index (χ0v) is 18.3. The van der Waals surface area contributed by atoms with E-state index in [1.54, 1.807) is 47.4 Å². The molecule has 2 bridgehead atoms. The first-order valence-corrected chi connectivity index (χ1v) is 10.7. The molecule has 2 fully saturated rings. The normalized spacial score (nSPS) is 31.5. The number of hydrogen-bond donors (Lipinski definition) is 1. The summed E-state index contributed by atoms with van der Waals surface area (Å²) in [6.45, 7) is 0. The number of hydrogen-bond acceptors (Lipinski definition) is 6. The van der Waals surface area contributed by atoms with Crippen LogP contribution in [-0.2, 0) is 0 Å². The second-order valence-corrected chi connectivity index (χ2v) is 9.75. The van der Waals surface area contributed by atoms with Gasteiger partial charge in [0.1, 0.15) is 27.6 Å². The number of aromatic hydroxyl groups is 1. The molecule has 0 aliphatic heterocycles. The van der Waals surface area contributed by atoms with Crippen LogP contribution in [0, 0.1) is 0 Å². The third-order valence-corrected chi connectivity index (χ3v) is 7.32. The first-order chi connectivity index (χ1) is 15.2. The van der Waals surface area contributed by atoms with Crippen LogP contribution in [0.3, 0.4) is 0 Å².